The van der Waals surface area contributed by atoms with Crippen LogP contribution >= 0.6 is 0 Å². The average Bonchev–Trinajstić information content (AvgIpc) is 3.34. The van der Waals surface area contributed by atoms with Gasteiger partial charge >= 0.3 is 0 Å². The number of ether oxygens (including phenoxy) is 1. The molecule has 2 aromatic rings. The molecule has 0 aromatic carbocycles. The Morgan fingerprint density at radius 2 is 1.96 bits per heavy atom. The molecule has 0 saturated carbocycles. The molecule has 0 bridgehead atoms. The average molecular weight is 381 g/mol. The number of aliphatic hydroxyl groups is 3. The van der Waals surface area contributed by atoms with Gasteiger partial charge in [-0.05, 0) is 6.42 Å². The van der Waals surface area contributed by atoms with Crippen LogP contribution in [-0.4, -0.2) is 59.9 Å². The number of imidazole rings is 1. The van der Waals surface area contributed by atoms with E-state index in [0.29, 0.717) is 18.0 Å². The second-order valence-corrected chi connectivity index (χ2v) is 6.79. The summed E-state index contributed by atoms with van der Waals surface area (Å²) in [7, 11) is 0. The van der Waals surface area contributed by atoms with Crippen molar-refractivity contribution in [2.45, 2.75) is 70.0 Å². The molecule has 0 spiro atoms. The summed E-state index contributed by atoms with van der Waals surface area (Å²) in [6.45, 7) is 1.76. The Balaban J connectivity index is 1.67. The van der Waals surface area contributed by atoms with Gasteiger partial charge < -0.3 is 30.3 Å². The Hall–Kier alpha value is -2.01. The smallest absolute Gasteiger partial charge is 0.227 e. The number of anilines is 1. The zero-order chi connectivity index (χ0) is 19.4. The first-order valence-electron chi connectivity index (χ1n) is 9.34. The highest BCUT2D eigenvalue weighted by atomic mass is 16.6. The summed E-state index contributed by atoms with van der Waals surface area (Å²) in [4.78, 5) is 8.53. The molecule has 3 heterocycles. The Labute approximate surface area is 157 Å². The maximum Gasteiger partial charge on any atom is 0.227 e. The van der Waals surface area contributed by atoms with Gasteiger partial charge in [0.25, 0.3) is 0 Å². The minimum Gasteiger partial charge on any atom is -0.394 e. The van der Waals surface area contributed by atoms with Crippen LogP contribution < -0.4 is 5.73 Å². The normalized spacial score (nSPS) is 25.3. The molecule has 150 valence electrons. The summed E-state index contributed by atoms with van der Waals surface area (Å²) >= 11 is 0. The lowest BCUT2D eigenvalue weighted by molar-refractivity contribution is -0.0517. The van der Waals surface area contributed by atoms with Gasteiger partial charge in [0.2, 0.25) is 11.7 Å². The van der Waals surface area contributed by atoms with Crippen LogP contribution in [0.5, 0.6) is 0 Å². The summed E-state index contributed by atoms with van der Waals surface area (Å²) in [5, 5.41) is 33.2. The zero-order valence-electron chi connectivity index (χ0n) is 15.4. The van der Waals surface area contributed by atoms with E-state index in [-0.39, 0.29) is 11.6 Å². The van der Waals surface area contributed by atoms with Crippen molar-refractivity contribution in [1.29, 1.82) is 0 Å². The van der Waals surface area contributed by atoms with Crippen LogP contribution in [0.4, 0.5) is 5.82 Å². The summed E-state index contributed by atoms with van der Waals surface area (Å²) in [5.41, 5.74) is 6.43. The third kappa shape index (κ3) is 4.13. The fraction of sp³-hybridized carbons (Fsp3) is 0.706. The van der Waals surface area contributed by atoms with Crippen molar-refractivity contribution in [1.82, 2.24) is 19.7 Å². The van der Waals surface area contributed by atoms with E-state index < -0.39 is 31.1 Å². The minimum atomic E-state index is -1.24. The van der Waals surface area contributed by atoms with E-state index in [1.807, 2.05) is 0 Å². The molecule has 1 aliphatic rings. The molecule has 0 aliphatic carbocycles. The van der Waals surface area contributed by atoms with E-state index in [9.17, 15) is 15.3 Å². The van der Waals surface area contributed by atoms with Crippen LogP contribution in [0.2, 0.25) is 0 Å². The molecule has 27 heavy (non-hydrogen) atoms. The van der Waals surface area contributed by atoms with E-state index in [1.165, 1.54) is 30.2 Å². The van der Waals surface area contributed by atoms with E-state index in [1.54, 1.807) is 0 Å². The molecule has 0 radical (unpaired) electrons. The van der Waals surface area contributed by atoms with E-state index >= 15 is 0 Å². The quantitative estimate of drug-likeness (QED) is 0.458. The second-order valence-electron chi connectivity index (χ2n) is 6.79. The van der Waals surface area contributed by atoms with Crippen molar-refractivity contribution < 1.29 is 24.6 Å². The molecular weight excluding hydrogens is 354 g/mol. The number of unbranched alkanes of at least 4 members (excludes halogenated alkanes) is 4. The van der Waals surface area contributed by atoms with Gasteiger partial charge in [0.05, 0.1) is 12.9 Å². The van der Waals surface area contributed by atoms with Crippen LogP contribution in [0, 0.1) is 0 Å². The number of aromatic nitrogens is 4. The summed E-state index contributed by atoms with van der Waals surface area (Å²) in [5.74, 6) is 0.977. The highest BCUT2D eigenvalue weighted by Crippen LogP contribution is 2.33. The highest BCUT2D eigenvalue weighted by molar-refractivity contribution is 5.64. The summed E-state index contributed by atoms with van der Waals surface area (Å²) in [6.07, 6.45) is 3.50. The maximum atomic E-state index is 10.1. The third-order valence-electron chi connectivity index (χ3n) is 4.80. The van der Waals surface area contributed by atoms with E-state index in [2.05, 4.69) is 22.0 Å². The molecule has 0 unspecified atom stereocenters. The van der Waals surface area contributed by atoms with Gasteiger partial charge in [-0.15, -0.1) is 0 Å². The first-order chi connectivity index (χ1) is 13.1. The molecule has 3 rings (SSSR count). The molecule has 2 aromatic heterocycles. The number of nitrogens with two attached hydrogens (primary N) is 1. The van der Waals surface area contributed by atoms with E-state index in [4.69, 9.17) is 15.0 Å². The molecule has 1 fully saturated rings. The molecule has 1 saturated heterocycles. The van der Waals surface area contributed by atoms with Crippen LogP contribution in [0.1, 0.15) is 51.1 Å². The number of nitrogen functional groups attached to an aromatic ring is 1. The Morgan fingerprint density at radius 3 is 2.67 bits per heavy atom. The van der Waals surface area contributed by atoms with Gasteiger partial charge in [0, 0.05) is 6.42 Å². The topological polar surface area (TPSA) is 153 Å². The Morgan fingerprint density at radius 1 is 1.19 bits per heavy atom. The predicted octanol–water partition coefficient (Wildman–Crippen LogP) is 0.640. The number of rotatable bonds is 9. The first kappa shape index (κ1) is 19.7. The number of aliphatic hydroxyl groups excluding tert-OH is 3. The Bertz CT molecular complexity index is 733. The monoisotopic (exact) mass is 381 g/mol. The predicted molar refractivity (Wildman–Crippen MR) is 95.4 cm³/mol. The third-order valence-corrected chi connectivity index (χ3v) is 4.80. The lowest BCUT2D eigenvalue weighted by atomic mass is 10.1. The van der Waals surface area contributed by atoms with Crippen LogP contribution in [0.3, 0.4) is 0 Å². The van der Waals surface area contributed by atoms with Crippen molar-refractivity contribution in [3.63, 3.8) is 0 Å². The maximum absolute atomic E-state index is 10.1. The van der Waals surface area contributed by atoms with Crippen molar-refractivity contribution in [2.75, 3.05) is 12.3 Å². The number of aryl methyl sites for hydroxylation is 1. The standard InChI is InChI=1S/C17H27N5O5/c1-2-3-4-5-6-7-11-20-16(21-27-11)12-15(18)22(9-19-12)17-14(25)13(24)10(8-23)26-17/h9-10,13-14,17,23-25H,2-8,18H2,1H3/t10-,13-,14-,17-/m1/s1. The molecule has 4 atom stereocenters. The summed E-state index contributed by atoms with van der Waals surface area (Å²) in [6, 6.07) is 0. The van der Waals surface area contributed by atoms with Gasteiger partial charge in [-0.25, -0.2) is 4.98 Å². The molecule has 10 heteroatoms. The molecule has 10 nitrogen and oxygen atoms in total. The molecule has 0 amide bonds. The van der Waals surface area contributed by atoms with Crippen molar-refractivity contribution in [2.24, 2.45) is 0 Å². The first-order valence-corrected chi connectivity index (χ1v) is 9.34. The van der Waals surface area contributed by atoms with Crippen molar-refractivity contribution >= 4 is 5.82 Å². The van der Waals surface area contributed by atoms with Gasteiger partial charge in [-0.2, -0.15) is 4.98 Å². The number of hydrogen-bond donors (Lipinski definition) is 4. The largest absolute Gasteiger partial charge is 0.394 e. The molecular formula is C17H27N5O5. The Kier molecular flexibility index (Phi) is 6.42. The minimum absolute atomic E-state index is 0.181. The molecule has 5 N–H and O–H groups in total. The zero-order valence-corrected chi connectivity index (χ0v) is 15.4. The highest BCUT2D eigenvalue weighted by Gasteiger charge is 2.44. The second kappa shape index (κ2) is 8.79. The van der Waals surface area contributed by atoms with Gasteiger partial charge in [0.1, 0.15) is 24.1 Å². The van der Waals surface area contributed by atoms with Crippen LogP contribution in [0.15, 0.2) is 10.9 Å². The van der Waals surface area contributed by atoms with Crippen LogP contribution in [-0.2, 0) is 11.2 Å². The van der Waals surface area contributed by atoms with Gasteiger partial charge in [-0.1, -0.05) is 37.8 Å². The fourth-order valence-corrected chi connectivity index (χ4v) is 3.19. The number of hydrogen-bond acceptors (Lipinski definition) is 9. The van der Waals surface area contributed by atoms with Gasteiger partial charge in [-0.3, -0.25) is 4.57 Å². The van der Waals surface area contributed by atoms with E-state index in [0.717, 1.165) is 12.8 Å². The number of nitrogens with zero attached hydrogens (tertiary/aromatic N) is 4. The van der Waals surface area contributed by atoms with Gasteiger partial charge in [0.15, 0.2) is 11.9 Å². The fourth-order valence-electron chi connectivity index (χ4n) is 3.19. The lowest BCUT2D eigenvalue weighted by Crippen LogP contribution is -2.33. The molecule has 1 aliphatic heterocycles. The van der Waals surface area contributed by atoms with Crippen molar-refractivity contribution in [3.05, 3.63) is 12.2 Å². The van der Waals surface area contributed by atoms with Crippen molar-refractivity contribution in [3.8, 4) is 11.5 Å². The SMILES string of the molecule is CCCCCCCc1nc(-c2ncn([C@@H]3O[C@H](CO)[C@@H](O)[C@H]3O)c2N)no1. The lowest BCUT2D eigenvalue weighted by Gasteiger charge is -2.17. The summed E-state index contributed by atoms with van der Waals surface area (Å²) < 4.78 is 12.1. The van der Waals surface area contributed by atoms with Crippen LogP contribution in [0.25, 0.3) is 11.5 Å².